The summed E-state index contributed by atoms with van der Waals surface area (Å²) in [5.74, 6) is 0. The van der Waals surface area contributed by atoms with Crippen LogP contribution in [0.2, 0.25) is 0 Å². The van der Waals surface area contributed by atoms with Crippen LogP contribution < -0.4 is 0 Å². The van der Waals surface area contributed by atoms with Gasteiger partial charge in [0, 0.05) is 18.9 Å². The van der Waals surface area contributed by atoms with E-state index in [0.29, 0.717) is 12.1 Å². The van der Waals surface area contributed by atoms with E-state index in [9.17, 15) is 0 Å². The van der Waals surface area contributed by atoms with Gasteiger partial charge in [-0.2, -0.15) is 5.26 Å². The lowest BCUT2D eigenvalue weighted by Gasteiger charge is -1.95. The highest BCUT2D eigenvalue weighted by Crippen LogP contribution is 2.06. The average Bonchev–Trinajstić information content (AvgIpc) is 2.32. The second-order valence-electron chi connectivity index (χ2n) is 2.43. The Bertz CT molecular complexity index is 283. The zero-order valence-corrected chi connectivity index (χ0v) is 6.41. The molecule has 11 heavy (non-hydrogen) atoms. The summed E-state index contributed by atoms with van der Waals surface area (Å²) in [6, 6.07) is 2.07. The van der Waals surface area contributed by atoms with E-state index in [2.05, 4.69) is 6.07 Å². The molecule has 58 valence electrons. The normalized spacial score (nSPS) is 9.55. The third-order valence-electron chi connectivity index (χ3n) is 1.56. The van der Waals surface area contributed by atoms with Gasteiger partial charge in [0.15, 0.2) is 0 Å². The first-order valence-corrected chi connectivity index (χ1v) is 3.45. The minimum Gasteiger partial charge on any atom is -0.395 e. The van der Waals surface area contributed by atoms with Gasteiger partial charge < -0.3 is 9.67 Å². The van der Waals surface area contributed by atoms with E-state index in [-0.39, 0.29) is 6.61 Å². The summed E-state index contributed by atoms with van der Waals surface area (Å²) in [6.45, 7) is 2.55. The maximum atomic E-state index is 8.59. The molecule has 3 heteroatoms. The predicted molar refractivity (Wildman–Crippen MR) is 41.0 cm³/mol. The predicted octanol–water partition coefficient (Wildman–Crippen LogP) is 0.660. The lowest BCUT2D eigenvalue weighted by molar-refractivity contribution is 0.276. The number of aromatic nitrogens is 1. The molecule has 0 aliphatic carbocycles. The minimum atomic E-state index is 0.110. The third-order valence-corrected chi connectivity index (χ3v) is 1.56. The van der Waals surface area contributed by atoms with E-state index in [0.717, 1.165) is 5.56 Å². The Morgan fingerprint density at radius 2 is 2.36 bits per heavy atom. The molecule has 0 atom stereocenters. The first-order chi connectivity index (χ1) is 5.27. The van der Waals surface area contributed by atoms with Crippen LogP contribution in [-0.2, 0) is 6.54 Å². The second-order valence-corrected chi connectivity index (χ2v) is 2.43. The summed E-state index contributed by atoms with van der Waals surface area (Å²) in [7, 11) is 0. The number of aliphatic hydroxyl groups is 1. The lowest BCUT2D eigenvalue weighted by Crippen LogP contribution is -1.97. The van der Waals surface area contributed by atoms with Gasteiger partial charge in [-0.3, -0.25) is 0 Å². The van der Waals surface area contributed by atoms with Crippen LogP contribution in [0.4, 0.5) is 0 Å². The van der Waals surface area contributed by atoms with Crippen molar-refractivity contribution in [1.29, 1.82) is 5.26 Å². The smallest absolute Gasteiger partial charge is 0.101 e. The number of rotatable bonds is 2. The third kappa shape index (κ3) is 1.60. The van der Waals surface area contributed by atoms with Gasteiger partial charge in [-0.15, -0.1) is 0 Å². The Kier molecular flexibility index (Phi) is 2.29. The number of nitriles is 1. The van der Waals surface area contributed by atoms with Crippen molar-refractivity contribution in [3.63, 3.8) is 0 Å². The van der Waals surface area contributed by atoms with E-state index in [1.807, 2.05) is 17.7 Å². The Morgan fingerprint density at radius 1 is 1.64 bits per heavy atom. The number of hydrogen-bond donors (Lipinski definition) is 1. The van der Waals surface area contributed by atoms with Gasteiger partial charge >= 0.3 is 0 Å². The monoisotopic (exact) mass is 150 g/mol. The zero-order chi connectivity index (χ0) is 8.27. The topological polar surface area (TPSA) is 49.0 Å². The van der Waals surface area contributed by atoms with Crippen LogP contribution in [0.3, 0.4) is 0 Å². The number of nitrogens with zero attached hydrogens (tertiary/aromatic N) is 2. The fourth-order valence-electron chi connectivity index (χ4n) is 0.985. The molecule has 0 aliphatic rings. The number of aryl methyl sites for hydroxylation is 1. The quantitative estimate of drug-likeness (QED) is 0.673. The highest BCUT2D eigenvalue weighted by molar-refractivity contribution is 5.34. The Balaban J connectivity index is 2.89. The molecular weight excluding hydrogens is 140 g/mol. The van der Waals surface area contributed by atoms with Crippen molar-refractivity contribution in [3.8, 4) is 6.07 Å². The molecule has 0 saturated heterocycles. The van der Waals surface area contributed by atoms with Crippen molar-refractivity contribution in [1.82, 2.24) is 4.57 Å². The fraction of sp³-hybridized carbons (Fsp3) is 0.375. The molecule has 0 aromatic carbocycles. The average molecular weight is 150 g/mol. The molecule has 0 spiro atoms. The Morgan fingerprint density at radius 3 is 2.82 bits per heavy atom. The summed E-state index contributed by atoms with van der Waals surface area (Å²) >= 11 is 0. The van der Waals surface area contributed by atoms with Crippen LogP contribution in [0.1, 0.15) is 11.1 Å². The van der Waals surface area contributed by atoms with Gasteiger partial charge in [0.1, 0.15) is 6.07 Å². The fourth-order valence-corrected chi connectivity index (χ4v) is 0.985. The molecule has 1 heterocycles. The van der Waals surface area contributed by atoms with E-state index in [1.165, 1.54) is 0 Å². The van der Waals surface area contributed by atoms with Crippen LogP contribution in [0.15, 0.2) is 12.4 Å². The molecule has 0 fully saturated rings. The summed E-state index contributed by atoms with van der Waals surface area (Å²) in [5, 5.41) is 17.2. The molecule has 1 aromatic rings. The number of aliphatic hydroxyl groups excluding tert-OH is 1. The van der Waals surface area contributed by atoms with E-state index < -0.39 is 0 Å². The molecule has 0 aliphatic heterocycles. The minimum absolute atomic E-state index is 0.110. The van der Waals surface area contributed by atoms with Gasteiger partial charge in [0.05, 0.1) is 12.2 Å². The van der Waals surface area contributed by atoms with Gasteiger partial charge in [-0.1, -0.05) is 0 Å². The van der Waals surface area contributed by atoms with E-state index in [4.69, 9.17) is 10.4 Å². The van der Waals surface area contributed by atoms with Crippen LogP contribution in [0.5, 0.6) is 0 Å². The largest absolute Gasteiger partial charge is 0.395 e. The van der Waals surface area contributed by atoms with Crippen molar-refractivity contribution in [2.75, 3.05) is 6.61 Å². The molecule has 1 aromatic heterocycles. The van der Waals surface area contributed by atoms with Crippen LogP contribution >= 0.6 is 0 Å². The van der Waals surface area contributed by atoms with E-state index in [1.54, 1.807) is 6.20 Å². The van der Waals surface area contributed by atoms with Crippen LogP contribution in [0, 0.1) is 18.3 Å². The Hall–Kier alpha value is -1.27. The molecule has 0 radical (unpaired) electrons. The van der Waals surface area contributed by atoms with Crippen molar-refractivity contribution in [3.05, 3.63) is 23.5 Å². The molecule has 0 saturated carbocycles. The van der Waals surface area contributed by atoms with Gasteiger partial charge in [-0.25, -0.2) is 0 Å². The summed E-state index contributed by atoms with van der Waals surface area (Å²) < 4.78 is 1.81. The summed E-state index contributed by atoms with van der Waals surface area (Å²) in [5.41, 5.74) is 1.64. The van der Waals surface area contributed by atoms with Gasteiger partial charge in [0.2, 0.25) is 0 Å². The maximum absolute atomic E-state index is 8.59. The standard InChI is InChI=1S/C8H10N2O/c1-7-5-10(2-3-11)6-8(7)4-9/h5-6,11H,2-3H2,1H3. The maximum Gasteiger partial charge on any atom is 0.101 e. The van der Waals surface area contributed by atoms with Crippen molar-refractivity contribution in [2.45, 2.75) is 13.5 Å². The highest BCUT2D eigenvalue weighted by Gasteiger charge is 1.99. The molecule has 0 unspecified atom stereocenters. The SMILES string of the molecule is Cc1cn(CCO)cc1C#N. The van der Waals surface area contributed by atoms with Gasteiger partial charge in [0.25, 0.3) is 0 Å². The molecular formula is C8H10N2O. The van der Waals surface area contributed by atoms with Crippen molar-refractivity contribution >= 4 is 0 Å². The van der Waals surface area contributed by atoms with E-state index >= 15 is 0 Å². The Labute approximate surface area is 65.5 Å². The molecule has 1 rings (SSSR count). The zero-order valence-electron chi connectivity index (χ0n) is 6.41. The molecule has 0 bridgehead atoms. The summed E-state index contributed by atoms with van der Waals surface area (Å²) in [6.07, 6.45) is 3.60. The first kappa shape index (κ1) is 7.83. The number of hydrogen-bond acceptors (Lipinski definition) is 2. The van der Waals surface area contributed by atoms with Gasteiger partial charge in [-0.05, 0) is 12.5 Å². The van der Waals surface area contributed by atoms with Crippen LogP contribution in [0.25, 0.3) is 0 Å². The van der Waals surface area contributed by atoms with Crippen LogP contribution in [-0.4, -0.2) is 16.3 Å². The second kappa shape index (κ2) is 3.22. The molecule has 1 N–H and O–H groups in total. The first-order valence-electron chi connectivity index (χ1n) is 3.45. The highest BCUT2D eigenvalue weighted by atomic mass is 16.3. The lowest BCUT2D eigenvalue weighted by atomic mass is 10.2. The van der Waals surface area contributed by atoms with Crippen molar-refractivity contribution < 1.29 is 5.11 Å². The summed E-state index contributed by atoms with van der Waals surface area (Å²) in [4.78, 5) is 0. The van der Waals surface area contributed by atoms with Crippen molar-refractivity contribution in [2.24, 2.45) is 0 Å². The molecule has 3 nitrogen and oxygen atoms in total. The molecule has 0 amide bonds.